The van der Waals surface area contributed by atoms with Gasteiger partial charge in [0.1, 0.15) is 0 Å². The molecule has 3 N–H and O–H groups in total. The van der Waals surface area contributed by atoms with Crippen molar-refractivity contribution in [2.24, 2.45) is 5.92 Å². The molecule has 1 unspecified atom stereocenters. The topological polar surface area (TPSA) is 61.4 Å². The third-order valence-electron chi connectivity index (χ3n) is 3.05. The number of rotatable bonds is 4. The first-order valence-corrected chi connectivity index (χ1v) is 6.33. The quantitative estimate of drug-likeness (QED) is 0.797. The standard InChI is InChI=1S/C13H18ClFN2O2/c1-8(2)13(3,19)7-16-12(18)17-10-6-4-5-9(14)11(10)15/h4-6,8,19H,7H2,1-3H3,(H2,16,17,18). The normalized spacial score (nSPS) is 14.1. The van der Waals surface area contributed by atoms with Gasteiger partial charge in [-0.05, 0) is 25.0 Å². The van der Waals surface area contributed by atoms with Gasteiger partial charge in [-0.1, -0.05) is 31.5 Å². The highest BCUT2D eigenvalue weighted by atomic mass is 35.5. The average Bonchev–Trinajstić information content (AvgIpc) is 2.32. The minimum Gasteiger partial charge on any atom is -0.388 e. The number of hydrogen-bond acceptors (Lipinski definition) is 2. The molecule has 1 aromatic rings. The molecule has 2 amide bonds. The molecule has 6 heteroatoms. The molecule has 0 aliphatic carbocycles. The summed E-state index contributed by atoms with van der Waals surface area (Å²) in [6.07, 6.45) is 0. The molecule has 0 aliphatic rings. The molecule has 0 heterocycles. The van der Waals surface area contributed by atoms with Crippen LogP contribution in [0, 0.1) is 11.7 Å². The van der Waals surface area contributed by atoms with Crippen molar-refractivity contribution in [3.8, 4) is 0 Å². The van der Waals surface area contributed by atoms with E-state index in [0.717, 1.165) is 0 Å². The smallest absolute Gasteiger partial charge is 0.319 e. The van der Waals surface area contributed by atoms with Gasteiger partial charge in [0, 0.05) is 6.54 Å². The molecule has 1 rings (SSSR count). The van der Waals surface area contributed by atoms with Crippen LogP contribution in [0.25, 0.3) is 0 Å². The van der Waals surface area contributed by atoms with Crippen molar-refractivity contribution < 1.29 is 14.3 Å². The average molecular weight is 289 g/mol. The fourth-order valence-electron chi connectivity index (χ4n) is 1.23. The van der Waals surface area contributed by atoms with Crippen molar-refractivity contribution in [3.05, 3.63) is 29.0 Å². The second-order valence-corrected chi connectivity index (χ2v) is 5.33. The van der Waals surface area contributed by atoms with E-state index in [4.69, 9.17) is 11.6 Å². The van der Waals surface area contributed by atoms with Crippen molar-refractivity contribution in [2.75, 3.05) is 11.9 Å². The zero-order valence-corrected chi connectivity index (χ0v) is 11.9. The molecule has 1 aromatic carbocycles. The lowest BCUT2D eigenvalue weighted by Gasteiger charge is -2.27. The summed E-state index contributed by atoms with van der Waals surface area (Å²) in [7, 11) is 0. The van der Waals surface area contributed by atoms with E-state index in [2.05, 4.69) is 10.6 Å². The molecule has 0 aromatic heterocycles. The Bertz CT molecular complexity index is 464. The fourth-order valence-corrected chi connectivity index (χ4v) is 1.40. The van der Waals surface area contributed by atoms with E-state index in [9.17, 15) is 14.3 Å². The molecule has 1 atom stereocenters. The van der Waals surface area contributed by atoms with E-state index in [0.29, 0.717) is 0 Å². The van der Waals surface area contributed by atoms with Gasteiger partial charge in [-0.25, -0.2) is 9.18 Å². The van der Waals surface area contributed by atoms with Crippen molar-refractivity contribution in [2.45, 2.75) is 26.4 Å². The van der Waals surface area contributed by atoms with E-state index in [1.807, 2.05) is 13.8 Å². The largest absolute Gasteiger partial charge is 0.388 e. The Labute approximate surface area is 117 Å². The first kappa shape index (κ1) is 15.7. The maximum Gasteiger partial charge on any atom is 0.319 e. The van der Waals surface area contributed by atoms with E-state index in [1.165, 1.54) is 18.2 Å². The highest BCUT2D eigenvalue weighted by molar-refractivity contribution is 6.31. The Hall–Kier alpha value is -1.33. The lowest BCUT2D eigenvalue weighted by Crippen LogP contribution is -2.45. The van der Waals surface area contributed by atoms with E-state index in [1.54, 1.807) is 6.92 Å². The van der Waals surface area contributed by atoms with Gasteiger partial charge in [-0.2, -0.15) is 0 Å². The number of carbonyl (C=O) groups excluding carboxylic acids is 1. The third-order valence-corrected chi connectivity index (χ3v) is 3.34. The third kappa shape index (κ3) is 4.36. The van der Waals surface area contributed by atoms with Crippen LogP contribution in [0.5, 0.6) is 0 Å². The monoisotopic (exact) mass is 288 g/mol. The predicted molar refractivity (Wildman–Crippen MR) is 73.9 cm³/mol. The Morgan fingerprint density at radius 3 is 2.74 bits per heavy atom. The summed E-state index contributed by atoms with van der Waals surface area (Å²) in [6.45, 7) is 5.38. The summed E-state index contributed by atoms with van der Waals surface area (Å²) in [4.78, 5) is 11.6. The zero-order chi connectivity index (χ0) is 14.6. The van der Waals surface area contributed by atoms with Crippen molar-refractivity contribution in [1.29, 1.82) is 0 Å². The van der Waals surface area contributed by atoms with Crippen molar-refractivity contribution >= 4 is 23.3 Å². The number of nitrogens with one attached hydrogen (secondary N) is 2. The van der Waals surface area contributed by atoms with Gasteiger partial charge in [0.2, 0.25) is 0 Å². The zero-order valence-electron chi connectivity index (χ0n) is 11.1. The van der Waals surface area contributed by atoms with Crippen molar-refractivity contribution in [3.63, 3.8) is 0 Å². The van der Waals surface area contributed by atoms with Crippen LogP contribution in [0.3, 0.4) is 0 Å². The summed E-state index contributed by atoms with van der Waals surface area (Å²) >= 11 is 5.60. The second kappa shape index (κ2) is 6.21. The van der Waals surface area contributed by atoms with Crippen LogP contribution >= 0.6 is 11.6 Å². The van der Waals surface area contributed by atoms with Crippen LogP contribution in [0.15, 0.2) is 18.2 Å². The van der Waals surface area contributed by atoms with E-state index >= 15 is 0 Å². The summed E-state index contributed by atoms with van der Waals surface area (Å²) < 4.78 is 13.5. The van der Waals surface area contributed by atoms with E-state index < -0.39 is 17.4 Å². The second-order valence-electron chi connectivity index (χ2n) is 4.92. The summed E-state index contributed by atoms with van der Waals surface area (Å²) in [5.74, 6) is -0.703. The van der Waals surface area contributed by atoms with Gasteiger partial charge in [-0.15, -0.1) is 0 Å². The highest BCUT2D eigenvalue weighted by Crippen LogP contribution is 2.21. The number of carbonyl (C=O) groups is 1. The molecule has 0 bridgehead atoms. The number of halogens is 2. The molecular weight excluding hydrogens is 271 g/mol. The number of benzene rings is 1. The number of anilines is 1. The maximum absolute atomic E-state index is 13.5. The number of hydrogen-bond donors (Lipinski definition) is 3. The minimum atomic E-state index is -1.02. The van der Waals surface area contributed by atoms with Crippen LogP contribution in [0.1, 0.15) is 20.8 Å². The lowest BCUT2D eigenvalue weighted by molar-refractivity contribution is 0.0170. The Morgan fingerprint density at radius 1 is 1.53 bits per heavy atom. The van der Waals surface area contributed by atoms with Gasteiger partial charge in [-0.3, -0.25) is 0 Å². The molecule has 0 saturated carbocycles. The van der Waals surface area contributed by atoms with Crippen molar-refractivity contribution in [1.82, 2.24) is 5.32 Å². The van der Waals surface area contributed by atoms with Gasteiger partial charge in [0.15, 0.2) is 5.82 Å². The summed E-state index contributed by atoms with van der Waals surface area (Å²) in [5.41, 5.74) is -1.03. The Kier molecular flexibility index (Phi) is 5.14. The summed E-state index contributed by atoms with van der Waals surface area (Å²) in [6, 6.07) is 3.73. The highest BCUT2D eigenvalue weighted by Gasteiger charge is 2.25. The summed E-state index contributed by atoms with van der Waals surface area (Å²) in [5, 5.41) is 14.7. The number of aliphatic hydroxyl groups is 1. The van der Waals surface area contributed by atoms with Crippen LogP contribution in [-0.2, 0) is 0 Å². The molecule has 0 spiro atoms. The molecule has 0 aliphatic heterocycles. The van der Waals surface area contributed by atoms with Gasteiger partial charge < -0.3 is 15.7 Å². The molecule has 19 heavy (non-hydrogen) atoms. The van der Waals surface area contributed by atoms with Gasteiger partial charge in [0.25, 0.3) is 0 Å². The molecule has 0 radical (unpaired) electrons. The molecular formula is C13H18ClFN2O2. The number of urea groups is 1. The minimum absolute atomic E-state index is 0.00538. The Morgan fingerprint density at radius 2 is 2.16 bits per heavy atom. The predicted octanol–water partition coefficient (Wildman–Crippen LogP) is 3.01. The molecule has 0 saturated heterocycles. The first-order valence-electron chi connectivity index (χ1n) is 5.95. The first-order chi connectivity index (χ1) is 8.74. The van der Waals surface area contributed by atoms with Gasteiger partial charge in [0.05, 0.1) is 16.3 Å². The van der Waals surface area contributed by atoms with E-state index in [-0.39, 0.29) is 23.2 Å². The molecule has 0 fully saturated rings. The lowest BCUT2D eigenvalue weighted by atomic mass is 9.93. The number of amides is 2. The van der Waals surface area contributed by atoms with Crippen LogP contribution < -0.4 is 10.6 Å². The molecule has 106 valence electrons. The van der Waals surface area contributed by atoms with Crippen LogP contribution in [0.2, 0.25) is 5.02 Å². The van der Waals surface area contributed by atoms with Crippen LogP contribution in [-0.4, -0.2) is 23.3 Å². The fraction of sp³-hybridized carbons (Fsp3) is 0.462. The maximum atomic E-state index is 13.5. The Balaban J connectivity index is 2.59. The van der Waals surface area contributed by atoms with Crippen LogP contribution in [0.4, 0.5) is 14.9 Å². The molecule has 4 nitrogen and oxygen atoms in total. The SMILES string of the molecule is CC(C)C(C)(O)CNC(=O)Nc1cccc(Cl)c1F. The van der Waals surface area contributed by atoms with Gasteiger partial charge >= 0.3 is 6.03 Å².